The Kier molecular flexibility index (Phi) is 4.93. The van der Waals surface area contributed by atoms with Crippen molar-refractivity contribution in [3.63, 3.8) is 0 Å². The number of likely N-dealkylation sites (N-methyl/N-ethyl adjacent to an activating group) is 1. The van der Waals surface area contributed by atoms with Gasteiger partial charge in [-0.15, -0.1) is 0 Å². The Morgan fingerprint density at radius 1 is 1.53 bits per heavy atom. The number of amides is 3. The monoisotopic (exact) mass is 241 g/mol. The van der Waals surface area contributed by atoms with Crippen molar-refractivity contribution in [1.29, 1.82) is 0 Å². The van der Waals surface area contributed by atoms with E-state index in [-0.39, 0.29) is 36.6 Å². The molecule has 1 fully saturated rings. The van der Waals surface area contributed by atoms with Crippen LogP contribution in [0.2, 0.25) is 0 Å². The van der Waals surface area contributed by atoms with E-state index < -0.39 is 0 Å². The van der Waals surface area contributed by atoms with Crippen molar-refractivity contribution < 1.29 is 14.4 Å². The van der Waals surface area contributed by atoms with Gasteiger partial charge in [0.25, 0.3) is 0 Å². The molecule has 1 unspecified atom stereocenters. The highest BCUT2D eigenvalue weighted by molar-refractivity contribution is 5.91. The number of rotatable bonds is 5. The van der Waals surface area contributed by atoms with Gasteiger partial charge in [-0.25, -0.2) is 0 Å². The maximum atomic E-state index is 12.1. The molecule has 1 aliphatic rings. The molecular weight excluding hydrogens is 222 g/mol. The highest BCUT2D eigenvalue weighted by Gasteiger charge is 2.31. The van der Waals surface area contributed by atoms with E-state index in [0.717, 1.165) is 6.42 Å². The van der Waals surface area contributed by atoms with Gasteiger partial charge in [0.15, 0.2) is 0 Å². The van der Waals surface area contributed by atoms with E-state index in [1.165, 1.54) is 11.9 Å². The second-order valence-corrected chi connectivity index (χ2v) is 4.14. The molecule has 1 rings (SSSR count). The van der Waals surface area contributed by atoms with Gasteiger partial charge in [0.2, 0.25) is 17.7 Å². The molecule has 1 aliphatic heterocycles. The third kappa shape index (κ3) is 3.72. The zero-order valence-corrected chi connectivity index (χ0v) is 10.3. The molecule has 6 heteroatoms. The number of carbonyl (C=O) groups is 3. The molecule has 6 nitrogen and oxygen atoms in total. The molecule has 3 amide bonds. The number of nitrogens with zero attached hydrogens (tertiary/aromatic N) is 1. The van der Waals surface area contributed by atoms with Crippen molar-refractivity contribution in [3.05, 3.63) is 0 Å². The average molecular weight is 241 g/mol. The lowest BCUT2D eigenvalue weighted by Gasteiger charge is -2.23. The van der Waals surface area contributed by atoms with E-state index in [1.54, 1.807) is 0 Å². The Balaban J connectivity index is 2.59. The van der Waals surface area contributed by atoms with Gasteiger partial charge in [0.1, 0.15) is 0 Å². The minimum atomic E-state index is -0.321. The third-order valence-corrected chi connectivity index (χ3v) is 2.75. The lowest BCUT2D eigenvalue weighted by atomic mass is 10.1. The molecule has 1 atom stereocenters. The first-order chi connectivity index (χ1) is 8.08. The fourth-order valence-corrected chi connectivity index (χ4v) is 1.83. The summed E-state index contributed by atoms with van der Waals surface area (Å²) in [4.78, 5) is 36.0. The topological polar surface area (TPSA) is 78.5 Å². The smallest absolute Gasteiger partial charge is 0.239 e. The molecule has 0 aliphatic carbocycles. The van der Waals surface area contributed by atoms with Gasteiger partial charge in [-0.2, -0.15) is 0 Å². The van der Waals surface area contributed by atoms with Crippen molar-refractivity contribution in [2.24, 2.45) is 5.92 Å². The normalized spacial score (nSPS) is 18.7. The predicted octanol–water partition coefficient (Wildman–Crippen LogP) is -0.893. The van der Waals surface area contributed by atoms with Crippen LogP contribution in [0.1, 0.15) is 19.8 Å². The van der Waals surface area contributed by atoms with Crippen molar-refractivity contribution in [2.75, 3.05) is 26.7 Å². The summed E-state index contributed by atoms with van der Waals surface area (Å²) in [6.45, 7) is 2.93. The number of hydrogen-bond acceptors (Lipinski definition) is 3. The van der Waals surface area contributed by atoms with Crippen LogP contribution in [-0.2, 0) is 14.4 Å². The highest BCUT2D eigenvalue weighted by atomic mass is 16.2. The predicted molar refractivity (Wildman–Crippen MR) is 62.1 cm³/mol. The number of carbonyl (C=O) groups excluding carboxylic acids is 3. The Morgan fingerprint density at radius 3 is 2.71 bits per heavy atom. The van der Waals surface area contributed by atoms with Gasteiger partial charge >= 0.3 is 0 Å². The van der Waals surface area contributed by atoms with Crippen molar-refractivity contribution in [3.8, 4) is 0 Å². The summed E-state index contributed by atoms with van der Waals surface area (Å²) < 4.78 is 0. The van der Waals surface area contributed by atoms with Gasteiger partial charge in [0.05, 0.1) is 12.5 Å². The third-order valence-electron chi connectivity index (χ3n) is 2.75. The summed E-state index contributed by atoms with van der Waals surface area (Å²) in [6, 6.07) is 0. The highest BCUT2D eigenvalue weighted by Crippen LogP contribution is 2.13. The van der Waals surface area contributed by atoms with Crippen LogP contribution in [0.25, 0.3) is 0 Å². The van der Waals surface area contributed by atoms with E-state index in [1.807, 2.05) is 6.92 Å². The van der Waals surface area contributed by atoms with E-state index in [9.17, 15) is 14.4 Å². The summed E-state index contributed by atoms with van der Waals surface area (Å²) in [5.41, 5.74) is 0. The van der Waals surface area contributed by atoms with Gasteiger partial charge in [-0.3, -0.25) is 14.4 Å². The summed E-state index contributed by atoms with van der Waals surface area (Å²) in [6.07, 6.45) is 1.02. The van der Waals surface area contributed by atoms with Gasteiger partial charge in [-0.05, 0) is 6.42 Å². The summed E-state index contributed by atoms with van der Waals surface area (Å²) in [5.74, 6) is -0.726. The van der Waals surface area contributed by atoms with Crippen LogP contribution < -0.4 is 10.6 Å². The SMILES string of the molecule is CCCN(CC(=O)NC)C(=O)C1CNC(=O)C1. The first-order valence-corrected chi connectivity index (χ1v) is 5.84. The first-order valence-electron chi connectivity index (χ1n) is 5.84. The van der Waals surface area contributed by atoms with Crippen LogP contribution in [0.3, 0.4) is 0 Å². The van der Waals surface area contributed by atoms with Crippen LogP contribution in [0.5, 0.6) is 0 Å². The van der Waals surface area contributed by atoms with Crippen LogP contribution in [0.15, 0.2) is 0 Å². The molecule has 2 N–H and O–H groups in total. The van der Waals surface area contributed by atoms with Crippen LogP contribution >= 0.6 is 0 Å². The van der Waals surface area contributed by atoms with Crippen LogP contribution in [0, 0.1) is 5.92 Å². The molecule has 0 bridgehead atoms. The maximum Gasteiger partial charge on any atom is 0.239 e. The van der Waals surface area contributed by atoms with Gasteiger partial charge < -0.3 is 15.5 Å². The summed E-state index contributed by atoms with van der Waals surface area (Å²) in [7, 11) is 1.54. The minimum Gasteiger partial charge on any atom is -0.358 e. The van der Waals surface area contributed by atoms with Crippen molar-refractivity contribution >= 4 is 17.7 Å². The van der Waals surface area contributed by atoms with Crippen LogP contribution in [-0.4, -0.2) is 49.3 Å². The Morgan fingerprint density at radius 2 is 2.24 bits per heavy atom. The Bertz CT molecular complexity index is 317. The van der Waals surface area contributed by atoms with E-state index in [2.05, 4.69) is 10.6 Å². The largest absolute Gasteiger partial charge is 0.358 e. The Hall–Kier alpha value is -1.59. The Labute approximate surface area is 101 Å². The minimum absolute atomic E-state index is 0.0634. The second kappa shape index (κ2) is 6.22. The van der Waals surface area contributed by atoms with Crippen molar-refractivity contribution in [2.45, 2.75) is 19.8 Å². The van der Waals surface area contributed by atoms with Crippen molar-refractivity contribution in [1.82, 2.24) is 15.5 Å². The van der Waals surface area contributed by atoms with E-state index in [0.29, 0.717) is 13.1 Å². The average Bonchev–Trinajstić information content (AvgIpc) is 2.74. The van der Waals surface area contributed by atoms with E-state index >= 15 is 0 Å². The molecular formula is C11H19N3O3. The summed E-state index contributed by atoms with van der Waals surface area (Å²) in [5, 5.41) is 5.12. The molecule has 96 valence electrons. The fourth-order valence-electron chi connectivity index (χ4n) is 1.83. The lowest BCUT2D eigenvalue weighted by molar-refractivity contribution is -0.139. The standard InChI is InChI=1S/C11H19N3O3/c1-3-4-14(7-10(16)12-2)11(17)8-5-9(15)13-6-8/h8H,3-7H2,1-2H3,(H,12,16)(H,13,15). The van der Waals surface area contributed by atoms with Gasteiger partial charge in [-0.1, -0.05) is 6.92 Å². The molecule has 0 radical (unpaired) electrons. The number of hydrogen-bond donors (Lipinski definition) is 2. The molecule has 0 aromatic rings. The maximum absolute atomic E-state index is 12.1. The summed E-state index contributed by atoms with van der Waals surface area (Å²) >= 11 is 0. The number of nitrogens with one attached hydrogen (secondary N) is 2. The second-order valence-electron chi connectivity index (χ2n) is 4.14. The molecule has 1 saturated heterocycles. The quantitative estimate of drug-likeness (QED) is 0.655. The molecule has 0 saturated carbocycles. The zero-order valence-electron chi connectivity index (χ0n) is 10.3. The van der Waals surface area contributed by atoms with Crippen LogP contribution in [0.4, 0.5) is 0 Å². The molecule has 0 spiro atoms. The van der Waals surface area contributed by atoms with Gasteiger partial charge in [0, 0.05) is 26.6 Å². The first kappa shape index (κ1) is 13.5. The fraction of sp³-hybridized carbons (Fsp3) is 0.727. The lowest BCUT2D eigenvalue weighted by Crippen LogP contribution is -2.43. The molecule has 0 aromatic carbocycles. The zero-order chi connectivity index (χ0) is 12.8. The molecule has 1 heterocycles. The van der Waals surface area contributed by atoms with E-state index in [4.69, 9.17) is 0 Å². The molecule has 0 aromatic heterocycles. The molecule has 17 heavy (non-hydrogen) atoms.